The molecule has 104 valence electrons. The molecule has 1 atom stereocenters. The Morgan fingerprint density at radius 1 is 1.42 bits per heavy atom. The summed E-state index contributed by atoms with van der Waals surface area (Å²) in [6.45, 7) is 1.17. The number of aromatic nitrogens is 2. The molecule has 0 unspecified atom stereocenters. The van der Waals surface area contributed by atoms with Crippen LogP contribution in [-0.2, 0) is 4.79 Å². The molecular weight excluding hydrogens is 264 g/mol. The van der Waals surface area contributed by atoms with Gasteiger partial charge in [-0.3, -0.25) is 4.79 Å². The third kappa shape index (κ3) is 2.87. The number of nitrogens with zero attached hydrogens (tertiary/aromatic N) is 3. The summed E-state index contributed by atoms with van der Waals surface area (Å²) in [6, 6.07) is -0.222. The van der Waals surface area contributed by atoms with E-state index < -0.39 is 0 Å². The number of likely N-dealkylation sites (tertiary alicyclic amines) is 1. The Hall–Kier alpha value is -1.21. The van der Waals surface area contributed by atoms with Crippen LogP contribution in [0.1, 0.15) is 37.4 Å². The van der Waals surface area contributed by atoms with Crippen molar-refractivity contribution in [2.24, 2.45) is 0 Å². The Morgan fingerprint density at radius 2 is 2.26 bits per heavy atom. The lowest BCUT2D eigenvalue weighted by Gasteiger charge is -2.31. The minimum atomic E-state index is -0.222. The molecule has 0 bridgehead atoms. The maximum atomic E-state index is 12.2. The number of anilines is 1. The number of nitrogens with one attached hydrogen (secondary N) is 1. The molecule has 0 radical (unpaired) electrons. The first kappa shape index (κ1) is 12.8. The van der Waals surface area contributed by atoms with E-state index in [1.54, 1.807) is 4.90 Å². The minimum Gasteiger partial charge on any atom is -0.395 e. The fourth-order valence-electron chi connectivity index (χ4n) is 2.37. The van der Waals surface area contributed by atoms with Gasteiger partial charge in [0.1, 0.15) is 11.9 Å². The van der Waals surface area contributed by atoms with Crippen molar-refractivity contribution in [2.75, 3.05) is 25.0 Å². The number of aliphatic hydroxyl groups is 1. The molecule has 6 nitrogen and oxygen atoms in total. The molecule has 1 aliphatic heterocycles. The molecule has 19 heavy (non-hydrogen) atoms. The standard InChI is InChI=1S/C12H18N4O2S/c17-7-6-16-5-1-2-9(11(16)18)13-12-14-10(15-19-12)8-3-4-8/h8-9,17H,1-7H2,(H,13,14,15)/t9-/m0/s1. The highest BCUT2D eigenvalue weighted by Crippen LogP contribution is 2.39. The van der Waals surface area contributed by atoms with Crippen LogP contribution in [0.15, 0.2) is 0 Å². The van der Waals surface area contributed by atoms with Crippen LogP contribution in [0.3, 0.4) is 0 Å². The molecule has 0 spiro atoms. The molecule has 1 saturated carbocycles. The normalized spacial score (nSPS) is 23.7. The van der Waals surface area contributed by atoms with Crippen molar-refractivity contribution in [2.45, 2.75) is 37.6 Å². The van der Waals surface area contributed by atoms with Gasteiger partial charge in [0, 0.05) is 30.5 Å². The number of amides is 1. The molecule has 2 N–H and O–H groups in total. The molecule has 1 aromatic rings. The summed E-state index contributed by atoms with van der Waals surface area (Å²) in [5.41, 5.74) is 0. The first-order chi connectivity index (χ1) is 9.28. The summed E-state index contributed by atoms with van der Waals surface area (Å²) in [5, 5.41) is 12.9. The van der Waals surface area contributed by atoms with Gasteiger partial charge in [-0.05, 0) is 25.7 Å². The van der Waals surface area contributed by atoms with E-state index in [0.717, 1.165) is 30.3 Å². The van der Waals surface area contributed by atoms with Gasteiger partial charge in [0.15, 0.2) is 0 Å². The van der Waals surface area contributed by atoms with Crippen LogP contribution in [-0.4, -0.2) is 51.0 Å². The predicted octanol–water partition coefficient (Wildman–Crippen LogP) is 0.811. The number of piperidine rings is 1. The van der Waals surface area contributed by atoms with Crippen molar-refractivity contribution in [1.82, 2.24) is 14.3 Å². The summed E-state index contributed by atoms with van der Waals surface area (Å²) in [4.78, 5) is 18.3. The van der Waals surface area contributed by atoms with Crippen molar-refractivity contribution >= 4 is 22.6 Å². The van der Waals surface area contributed by atoms with Crippen molar-refractivity contribution in [1.29, 1.82) is 0 Å². The molecule has 1 aliphatic carbocycles. The van der Waals surface area contributed by atoms with Gasteiger partial charge in [-0.1, -0.05) is 0 Å². The zero-order chi connectivity index (χ0) is 13.2. The van der Waals surface area contributed by atoms with Crippen LogP contribution in [0.2, 0.25) is 0 Å². The topological polar surface area (TPSA) is 78.4 Å². The molecule has 2 aliphatic rings. The van der Waals surface area contributed by atoms with Gasteiger partial charge in [0.25, 0.3) is 0 Å². The Labute approximate surface area is 116 Å². The lowest BCUT2D eigenvalue weighted by atomic mass is 10.1. The molecule has 1 amide bonds. The van der Waals surface area contributed by atoms with Crippen LogP contribution in [0.25, 0.3) is 0 Å². The van der Waals surface area contributed by atoms with Crippen LogP contribution >= 0.6 is 11.5 Å². The minimum absolute atomic E-state index is 0.0170. The first-order valence-electron chi connectivity index (χ1n) is 6.77. The average Bonchev–Trinajstić information content (AvgIpc) is 3.15. The SMILES string of the molecule is O=C1[C@@H](Nc2nc(C3CC3)ns2)CCCN1CCO. The number of hydrogen-bond acceptors (Lipinski definition) is 6. The summed E-state index contributed by atoms with van der Waals surface area (Å²) >= 11 is 1.34. The molecule has 1 aromatic heterocycles. The average molecular weight is 282 g/mol. The lowest BCUT2D eigenvalue weighted by molar-refractivity contribution is -0.134. The molecule has 3 rings (SSSR count). The van der Waals surface area contributed by atoms with Crippen LogP contribution < -0.4 is 5.32 Å². The summed E-state index contributed by atoms with van der Waals surface area (Å²) < 4.78 is 4.33. The van der Waals surface area contributed by atoms with E-state index in [2.05, 4.69) is 14.7 Å². The van der Waals surface area contributed by atoms with Crippen molar-refractivity contribution < 1.29 is 9.90 Å². The Balaban J connectivity index is 1.62. The second-order valence-electron chi connectivity index (χ2n) is 5.12. The van der Waals surface area contributed by atoms with Crippen molar-refractivity contribution in [3.8, 4) is 0 Å². The number of hydrogen-bond donors (Lipinski definition) is 2. The number of carbonyl (C=O) groups excluding carboxylic acids is 1. The molecule has 0 aromatic carbocycles. The van der Waals surface area contributed by atoms with E-state index in [0.29, 0.717) is 12.5 Å². The van der Waals surface area contributed by atoms with E-state index in [1.165, 1.54) is 24.4 Å². The number of carbonyl (C=O) groups is 1. The molecular formula is C12H18N4O2S. The van der Waals surface area contributed by atoms with Gasteiger partial charge in [0.2, 0.25) is 11.0 Å². The third-order valence-corrected chi connectivity index (χ3v) is 4.24. The molecule has 2 fully saturated rings. The van der Waals surface area contributed by atoms with Crippen LogP contribution in [0.4, 0.5) is 5.13 Å². The van der Waals surface area contributed by atoms with Crippen molar-refractivity contribution in [3.63, 3.8) is 0 Å². The third-order valence-electron chi connectivity index (χ3n) is 3.58. The second-order valence-corrected chi connectivity index (χ2v) is 5.87. The fourth-order valence-corrected chi connectivity index (χ4v) is 3.07. The fraction of sp³-hybridized carbons (Fsp3) is 0.750. The van der Waals surface area contributed by atoms with Crippen LogP contribution in [0.5, 0.6) is 0 Å². The maximum Gasteiger partial charge on any atom is 0.245 e. The Kier molecular flexibility index (Phi) is 3.65. The lowest BCUT2D eigenvalue weighted by Crippen LogP contribution is -2.48. The monoisotopic (exact) mass is 282 g/mol. The number of β-amino-alcohol motifs (C(OH)–C–C–N with tert-alkyl or cyclic N) is 1. The van der Waals surface area contributed by atoms with Gasteiger partial charge in [-0.25, -0.2) is 4.98 Å². The number of aliphatic hydroxyl groups excluding tert-OH is 1. The van der Waals surface area contributed by atoms with E-state index in [9.17, 15) is 4.79 Å². The Morgan fingerprint density at radius 3 is 3.00 bits per heavy atom. The summed E-state index contributed by atoms with van der Waals surface area (Å²) in [6.07, 6.45) is 4.14. The zero-order valence-corrected chi connectivity index (χ0v) is 11.5. The van der Waals surface area contributed by atoms with E-state index in [-0.39, 0.29) is 18.6 Å². The first-order valence-corrected chi connectivity index (χ1v) is 7.55. The highest BCUT2D eigenvalue weighted by molar-refractivity contribution is 7.09. The zero-order valence-electron chi connectivity index (χ0n) is 10.7. The largest absolute Gasteiger partial charge is 0.395 e. The van der Waals surface area contributed by atoms with E-state index in [1.807, 2.05) is 0 Å². The molecule has 1 saturated heterocycles. The highest BCUT2D eigenvalue weighted by atomic mass is 32.1. The van der Waals surface area contributed by atoms with Gasteiger partial charge in [0.05, 0.1) is 6.61 Å². The Bertz CT molecular complexity index is 458. The highest BCUT2D eigenvalue weighted by Gasteiger charge is 2.31. The van der Waals surface area contributed by atoms with Crippen molar-refractivity contribution in [3.05, 3.63) is 5.82 Å². The maximum absolute atomic E-state index is 12.2. The molecule has 2 heterocycles. The van der Waals surface area contributed by atoms with Crippen LogP contribution in [0, 0.1) is 0 Å². The smallest absolute Gasteiger partial charge is 0.245 e. The quantitative estimate of drug-likeness (QED) is 0.835. The predicted molar refractivity (Wildman–Crippen MR) is 72.2 cm³/mol. The van der Waals surface area contributed by atoms with Gasteiger partial charge < -0.3 is 15.3 Å². The van der Waals surface area contributed by atoms with E-state index >= 15 is 0 Å². The van der Waals surface area contributed by atoms with Gasteiger partial charge in [-0.2, -0.15) is 4.37 Å². The summed E-state index contributed by atoms with van der Waals surface area (Å²) in [7, 11) is 0. The molecule has 7 heteroatoms. The van der Waals surface area contributed by atoms with Gasteiger partial charge in [-0.15, -0.1) is 0 Å². The second kappa shape index (κ2) is 5.42. The van der Waals surface area contributed by atoms with E-state index in [4.69, 9.17) is 5.11 Å². The summed E-state index contributed by atoms with van der Waals surface area (Å²) in [5.74, 6) is 1.52. The van der Waals surface area contributed by atoms with Gasteiger partial charge >= 0.3 is 0 Å². The number of rotatable bonds is 5.